The summed E-state index contributed by atoms with van der Waals surface area (Å²) in [5.41, 5.74) is 1.78. The summed E-state index contributed by atoms with van der Waals surface area (Å²) < 4.78 is 5.71. The third-order valence-corrected chi connectivity index (χ3v) is 3.40. The summed E-state index contributed by atoms with van der Waals surface area (Å²) in [5.74, 6) is 0.798. The van der Waals surface area contributed by atoms with Crippen LogP contribution in [0, 0.1) is 0 Å². The molecule has 1 aromatic heterocycles. The van der Waals surface area contributed by atoms with Gasteiger partial charge in [0.25, 0.3) is 0 Å². The molecule has 0 radical (unpaired) electrons. The fraction of sp³-hybridized carbons (Fsp3) is 0.562. The summed E-state index contributed by atoms with van der Waals surface area (Å²) in [6.07, 6.45) is 1.52. The van der Waals surface area contributed by atoms with Gasteiger partial charge in [-0.05, 0) is 45.9 Å². The van der Waals surface area contributed by atoms with Crippen LogP contribution in [0.3, 0.4) is 0 Å². The van der Waals surface area contributed by atoms with E-state index < -0.39 is 0 Å². The minimum absolute atomic E-state index is 0.290. The van der Waals surface area contributed by atoms with E-state index in [1.807, 2.05) is 31.2 Å². The van der Waals surface area contributed by atoms with Gasteiger partial charge in [0.2, 0.25) is 0 Å². The maximum Gasteiger partial charge on any atom is 0.195 e. The molecule has 1 atom stereocenters. The quantitative estimate of drug-likeness (QED) is 0.845. The van der Waals surface area contributed by atoms with Crippen molar-refractivity contribution in [2.75, 3.05) is 13.1 Å². The molecule has 0 aliphatic rings. The largest absolute Gasteiger partial charge is 0.441 e. The summed E-state index contributed by atoms with van der Waals surface area (Å²) >= 11 is 0. The molecule has 4 heteroatoms. The number of aromatic nitrogens is 1. The molecule has 1 aromatic carbocycles. The number of aryl methyl sites for hydroxylation is 1. The first-order valence-electron chi connectivity index (χ1n) is 7.33. The molecule has 0 fully saturated rings. The van der Waals surface area contributed by atoms with Crippen LogP contribution in [0.25, 0.3) is 11.1 Å². The molecule has 0 aliphatic heterocycles. The van der Waals surface area contributed by atoms with Crippen LogP contribution < -0.4 is 0 Å². The lowest BCUT2D eigenvalue weighted by atomic mass is 10.2. The smallest absolute Gasteiger partial charge is 0.195 e. The second-order valence-corrected chi connectivity index (χ2v) is 5.62. The number of benzene rings is 1. The van der Waals surface area contributed by atoms with Crippen LogP contribution in [0.15, 0.2) is 28.7 Å². The predicted octanol–water partition coefficient (Wildman–Crippen LogP) is 2.85. The highest BCUT2D eigenvalue weighted by Crippen LogP contribution is 2.16. The number of hydrogen-bond donors (Lipinski definition) is 1. The van der Waals surface area contributed by atoms with Crippen LogP contribution in [0.5, 0.6) is 0 Å². The molecular formula is C16H24N2O2. The molecule has 4 nitrogen and oxygen atoms in total. The molecule has 1 unspecified atom stereocenters. The van der Waals surface area contributed by atoms with Gasteiger partial charge in [0.15, 0.2) is 11.5 Å². The minimum Gasteiger partial charge on any atom is -0.441 e. The van der Waals surface area contributed by atoms with Crippen molar-refractivity contribution in [3.63, 3.8) is 0 Å². The maximum atomic E-state index is 9.51. The fourth-order valence-electron chi connectivity index (χ4n) is 2.36. The van der Waals surface area contributed by atoms with E-state index in [1.165, 1.54) is 0 Å². The summed E-state index contributed by atoms with van der Waals surface area (Å²) in [7, 11) is 0. The Morgan fingerprint density at radius 3 is 2.65 bits per heavy atom. The Bertz CT molecular complexity index is 501. The van der Waals surface area contributed by atoms with Gasteiger partial charge >= 0.3 is 0 Å². The summed E-state index contributed by atoms with van der Waals surface area (Å²) in [4.78, 5) is 6.77. The van der Waals surface area contributed by atoms with E-state index >= 15 is 0 Å². The molecule has 0 saturated heterocycles. The van der Waals surface area contributed by atoms with Gasteiger partial charge in [0.1, 0.15) is 5.52 Å². The highest BCUT2D eigenvalue weighted by Gasteiger charge is 2.12. The first kappa shape index (κ1) is 15.0. The van der Waals surface area contributed by atoms with Crippen LogP contribution >= 0.6 is 0 Å². The van der Waals surface area contributed by atoms with Crippen LogP contribution in [0.2, 0.25) is 0 Å². The molecule has 0 amide bonds. The zero-order valence-electron chi connectivity index (χ0n) is 12.5. The Morgan fingerprint density at radius 2 is 2.00 bits per heavy atom. The van der Waals surface area contributed by atoms with Crippen molar-refractivity contribution in [3.05, 3.63) is 30.2 Å². The lowest BCUT2D eigenvalue weighted by Gasteiger charge is -2.27. The monoisotopic (exact) mass is 276 g/mol. The number of hydrogen-bond acceptors (Lipinski definition) is 4. The number of aliphatic hydroxyl groups excluding tert-OH is 1. The SMILES string of the molecule is CC(O)CN(CCCc1nc2ccccc2o1)C(C)C. The van der Waals surface area contributed by atoms with Crippen LogP contribution in [-0.4, -0.2) is 40.2 Å². The van der Waals surface area contributed by atoms with Crippen molar-refractivity contribution in [3.8, 4) is 0 Å². The fourth-order valence-corrected chi connectivity index (χ4v) is 2.36. The van der Waals surface area contributed by atoms with Crippen molar-refractivity contribution < 1.29 is 9.52 Å². The molecule has 1 N–H and O–H groups in total. The average Bonchev–Trinajstić information content (AvgIpc) is 2.79. The molecule has 2 aromatic rings. The van der Waals surface area contributed by atoms with E-state index in [4.69, 9.17) is 4.42 Å². The Morgan fingerprint density at radius 1 is 1.25 bits per heavy atom. The normalized spacial score (nSPS) is 13.5. The van der Waals surface area contributed by atoms with Gasteiger partial charge in [0.05, 0.1) is 6.10 Å². The van der Waals surface area contributed by atoms with Gasteiger partial charge in [-0.2, -0.15) is 0 Å². The molecule has 0 bridgehead atoms. The van der Waals surface area contributed by atoms with Gasteiger partial charge in [-0.15, -0.1) is 0 Å². The van der Waals surface area contributed by atoms with E-state index in [0.29, 0.717) is 12.6 Å². The van der Waals surface area contributed by atoms with Crippen LogP contribution in [0.4, 0.5) is 0 Å². The number of fused-ring (bicyclic) bond motifs is 1. The molecule has 110 valence electrons. The third-order valence-electron chi connectivity index (χ3n) is 3.40. The number of aliphatic hydroxyl groups is 1. The Balaban J connectivity index is 1.87. The van der Waals surface area contributed by atoms with Crippen molar-refractivity contribution in [1.29, 1.82) is 0 Å². The van der Waals surface area contributed by atoms with Gasteiger partial charge in [-0.3, -0.25) is 4.90 Å². The first-order valence-corrected chi connectivity index (χ1v) is 7.33. The van der Waals surface area contributed by atoms with Gasteiger partial charge in [-0.25, -0.2) is 4.98 Å². The van der Waals surface area contributed by atoms with E-state index in [-0.39, 0.29) is 6.10 Å². The Hall–Kier alpha value is -1.39. The topological polar surface area (TPSA) is 49.5 Å². The lowest BCUT2D eigenvalue weighted by molar-refractivity contribution is 0.106. The number of nitrogens with zero attached hydrogens (tertiary/aromatic N) is 2. The van der Waals surface area contributed by atoms with Crippen molar-refractivity contribution in [2.24, 2.45) is 0 Å². The molecule has 2 rings (SSSR count). The molecule has 0 spiro atoms. The Labute approximate surface area is 120 Å². The van der Waals surface area contributed by atoms with Crippen molar-refractivity contribution >= 4 is 11.1 Å². The Kier molecular flexibility index (Phi) is 5.15. The summed E-state index contributed by atoms with van der Waals surface area (Å²) in [6, 6.07) is 8.28. The van der Waals surface area contributed by atoms with E-state index in [1.54, 1.807) is 0 Å². The summed E-state index contributed by atoms with van der Waals surface area (Å²) in [6.45, 7) is 7.80. The second kappa shape index (κ2) is 6.86. The third kappa shape index (κ3) is 4.05. The molecule has 0 saturated carbocycles. The molecule has 0 aliphatic carbocycles. The number of oxazole rings is 1. The highest BCUT2D eigenvalue weighted by atomic mass is 16.3. The number of para-hydroxylation sites is 2. The predicted molar refractivity (Wildman–Crippen MR) is 80.7 cm³/mol. The second-order valence-electron chi connectivity index (χ2n) is 5.62. The van der Waals surface area contributed by atoms with Crippen molar-refractivity contribution in [1.82, 2.24) is 9.88 Å². The molecule has 20 heavy (non-hydrogen) atoms. The van der Waals surface area contributed by atoms with Gasteiger partial charge in [-0.1, -0.05) is 12.1 Å². The zero-order chi connectivity index (χ0) is 14.5. The zero-order valence-corrected chi connectivity index (χ0v) is 12.5. The average molecular weight is 276 g/mol. The van der Waals surface area contributed by atoms with E-state index in [0.717, 1.165) is 36.4 Å². The number of rotatable bonds is 7. The highest BCUT2D eigenvalue weighted by molar-refractivity contribution is 5.72. The minimum atomic E-state index is -0.290. The molecular weight excluding hydrogens is 252 g/mol. The van der Waals surface area contributed by atoms with Gasteiger partial charge < -0.3 is 9.52 Å². The van der Waals surface area contributed by atoms with E-state index in [2.05, 4.69) is 23.7 Å². The summed E-state index contributed by atoms with van der Waals surface area (Å²) in [5, 5.41) is 9.51. The molecule has 1 heterocycles. The maximum absolute atomic E-state index is 9.51. The lowest BCUT2D eigenvalue weighted by Crippen LogP contribution is -2.37. The van der Waals surface area contributed by atoms with Crippen LogP contribution in [-0.2, 0) is 6.42 Å². The van der Waals surface area contributed by atoms with Crippen LogP contribution in [0.1, 0.15) is 33.1 Å². The van der Waals surface area contributed by atoms with Gasteiger partial charge in [0, 0.05) is 19.0 Å². The van der Waals surface area contributed by atoms with E-state index in [9.17, 15) is 5.11 Å². The first-order chi connectivity index (χ1) is 9.56. The van der Waals surface area contributed by atoms with Crippen molar-refractivity contribution in [2.45, 2.75) is 45.8 Å². The standard InChI is InChI=1S/C16H24N2O2/c1-12(2)18(11-13(3)19)10-6-9-16-17-14-7-4-5-8-15(14)20-16/h4-5,7-8,12-13,19H,6,9-11H2,1-3H3.